The molecular weight excluding hydrogens is 257 g/mol. The Morgan fingerprint density at radius 2 is 1.84 bits per heavy atom. The van der Waals surface area contributed by atoms with Gasteiger partial charge >= 0.3 is 6.18 Å². The number of nitrogens with zero attached hydrogens (tertiary/aromatic N) is 1. The van der Waals surface area contributed by atoms with Crippen molar-refractivity contribution in [1.82, 2.24) is 4.90 Å². The van der Waals surface area contributed by atoms with Gasteiger partial charge in [0.25, 0.3) is 0 Å². The van der Waals surface area contributed by atoms with Crippen molar-refractivity contribution in [2.45, 2.75) is 25.2 Å². The topological polar surface area (TPSA) is 49.5 Å². The van der Waals surface area contributed by atoms with Crippen LogP contribution in [0.2, 0.25) is 0 Å². The molecule has 19 heavy (non-hydrogen) atoms. The van der Waals surface area contributed by atoms with E-state index in [4.69, 9.17) is 10.8 Å². The zero-order valence-corrected chi connectivity index (χ0v) is 10.6. The Balaban J connectivity index is 2.61. The van der Waals surface area contributed by atoms with Crippen molar-refractivity contribution in [2.24, 2.45) is 5.73 Å². The number of nitrogens with two attached hydrogens (primary N) is 1. The Morgan fingerprint density at radius 1 is 1.21 bits per heavy atom. The molecule has 0 aliphatic carbocycles. The average Bonchev–Trinajstić information content (AvgIpc) is 2.36. The molecule has 1 aromatic carbocycles. The summed E-state index contributed by atoms with van der Waals surface area (Å²) in [6.07, 6.45) is -6.32. The van der Waals surface area contributed by atoms with Crippen LogP contribution in [-0.4, -0.2) is 41.9 Å². The molecule has 3 N–H and O–H groups in total. The molecule has 0 radical (unpaired) electrons. The molecular formula is C13H19F3N2O. The average molecular weight is 276 g/mol. The van der Waals surface area contributed by atoms with Gasteiger partial charge < -0.3 is 10.8 Å². The third-order valence-corrected chi connectivity index (χ3v) is 2.74. The lowest BCUT2D eigenvalue weighted by Gasteiger charge is -2.26. The van der Waals surface area contributed by atoms with Crippen LogP contribution >= 0.6 is 0 Å². The molecule has 0 aliphatic heterocycles. The van der Waals surface area contributed by atoms with Crippen molar-refractivity contribution >= 4 is 0 Å². The van der Waals surface area contributed by atoms with Crippen molar-refractivity contribution in [3.8, 4) is 0 Å². The van der Waals surface area contributed by atoms with E-state index < -0.39 is 18.8 Å². The van der Waals surface area contributed by atoms with E-state index in [0.29, 0.717) is 26.1 Å². The maximum Gasteiger partial charge on any atom is 0.415 e. The third-order valence-electron chi connectivity index (χ3n) is 2.74. The minimum Gasteiger partial charge on any atom is -0.382 e. The molecule has 3 nitrogen and oxygen atoms in total. The Bertz CT molecular complexity index is 357. The highest BCUT2D eigenvalue weighted by Crippen LogP contribution is 2.21. The lowest BCUT2D eigenvalue weighted by Crippen LogP contribution is -2.41. The lowest BCUT2D eigenvalue weighted by molar-refractivity contribution is -0.208. The van der Waals surface area contributed by atoms with E-state index in [1.54, 1.807) is 4.90 Å². The molecule has 0 spiro atoms. The minimum atomic E-state index is -4.59. The molecule has 0 amide bonds. The highest BCUT2D eigenvalue weighted by atomic mass is 19.4. The van der Waals surface area contributed by atoms with Crippen molar-refractivity contribution in [1.29, 1.82) is 0 Å². The molecule has 0 saturated carbocycles. The second kappa shape index (κ2) is 7.47. The van der Waals surface area contributed by atoms with Crippen LogP contribution < -0.4 is 5.73 Å². The lowest BCUT2D eigenvalue weighted by atomic mass is 10.2. The Labute approximate surface area is 110 Å². The van der Waals surface area contributed by atoms with Gasteiger partial charge in [-0.2, -0.15) is 13.2 Å². The van der Waals surface area contributed by atoms with E-state index in [1.807, 2.05) is 30.3 Å². The van der Waals surface area contributed by atoms with Crippen molar-refractivity contribution in [3.63, 3.8) is 0 Å². The fraction of sp³-hybridized carbons (Fsp3) is 0.538. The summed E-state index contributed by atoms with van der Waals surface area (Å²) in [5, 5.41) is 9.14. The number of aliphatic hydroxyl groups excluding tert-OH is 1. The molecule has 0 saturated heterocycles. The molecule has 0 bridgehead atoms. The Kier molecular flexibility index (Phi) is 6.27. The second-order valence-electron chi connectivity index (χ2n) is 4.42. The largest absolute Gasteiger partial charge is 0.415 e. The van der Waals surface area contributed by atoms with E-state index >= 15 is 0 Å². The summed E-state index contributed by atoms with van der Waals surface area (Å²) < 4.78 is 37.1. The van der Waals surface area contributed by atoms with Crippen LogP contribution in [0.3, 0.4) is 0 Å². The first-order chi connectivity index (χ1) is 8.93. The number of aliphatic hydroxyl groups is 1. The van der Waals surface area contributed by atoms with Gasteiger partial charge in [-0.1, -0.05) is 30.3 Å². The van der Waals surface area contributed by atoms with E-state index in [1.165, 1.54) is 0 Å². The van der Waals surface area contributed by atoms with Crippen LogP contribution in [0.1, 0.15) is 12.0 Å². The number of rotatable bonds is 7. The van der Waals surface area contributed by atoms with E-state index in [0.717, 1.165) is 5.56 Å². The predicted octanol–water partition coefficient (Wildman–Crippen LogP) is 1.76. The third kappa shape index (κ3) is 6.04. The summed E-state index contributed by atoms with van der Waals surface area (Å²) in [4.78, 5) is 1.57. The van der Waals surface area contributed by atoms with Gasteiger partial charge in [0.2, 0.25) is 0 Å². The number of halogens is 3. The molecule has 108 valence electrons. The van der Waals surface area contributed by atoms with Crippen LogP contribution in [0.15, 0.2) is 30.3 Å². The summed E-state index contributed by atoms with van der Waals surface area (Å²) in [6.45, 7) is 0.776. The molecule has 1 atom stereocenters. The van der Waals surface area contributed by atoms with Crippen LogP contribution in [0.4, 0.5) is 13.2 Å². The predicted molar refractivity (Wildman–Crippen MR) is 67.5 cm³/mol. The normalized spacial score (nSPS) is 13.8. The molecule has 0 aromatic heterocycles. The van der Waals surface area contributed by atoms with E-state index in [9.17, 15) is 13.2 Å². The van der Waals surface area contributed by atoms with Crippen molar-refractivity contribution in [3.05, 3.63) is 35.9 Å². The van der Waals surface area contributed by atoms with Crippen molar-refractivity contribution < 1.29 is 18.3 Å². The van der Waals surface area contributed by atoms with Gasteiger partial charge in [-0.15, -0.1) is 0 Å². The van der Waals surface area contributed by atoms with E-state index in [2.05, 4.69) is 0 Å². The maximum absolute atomic E-state index is 12.4. The zero-order chi connectivity index (χ0) is 14.3. The summed E-state index contributed by atoms with van der Waals surface area (Å²) >= 11 is 0. The molecule has 0 heterocycles. The maximum atomic E-state index is 12.4. The van der Waals surface area contributed by atoms with Gasteiger partial charge in [0, 0.05) is 13.1 Å². The number of alkyl halides is 3. The van der Waals surface area contributed by atoms with Gasteiger partial charge in [-0.25, -0.2) is 0 Å². The zero-order valence-electron chi connectivity index (χ0n) is 10.6. The van der Waals surface area contributed by atoms with Gasteiger partial charge in [-0.05, 0) is 25.1 Å². The van der Waals surface area contributed by atoms with Crippen LogP contribution in [0, 0.1) is 0 Å². The van der Waals surface area contributed by atoms with Gasteiger partial charge in [-0.3, -0.25) is 4.90 Å². The minimum absolute atomic E-state index is 0.369. The Hall–Kier alpha value is -1.11. The molecule has 1 rings (SSSR count). The van der Waals surface area contributed by atoms with Gasteiger partial charge in [0.1, 0.15) is 0 Å². The highest BCUT2D eigenvalue weighted by molar-refractivity contribution is 5.14. The second-order valence-corrected chi connectivity index (χ2v) is 4.42. The monoisotopic (exact) mass is 276 g/mol. The molecule has 6 heteroatoms. The quantitative estimate of drug-likeness (QED) is 0.798. The summed E-state index contributed by atoms with van der Waals surface area (Å²) in [7, 11) is 0. The first-order valence-electron chi connectivity index (χ1n) is 6.14. The Morgan fingerprint density at radius 3 is 2.37 bits per heavy atom. The molecule has 1 unspecified atom stereocenters. The first kappa shape index (κ1) is 15.9. The fourth-order valence-corrected chi connectivity index (χ4v) is 1.74. The summed E-state index contributed by atoms with van der Waals surface area (Å²) in [5.41, 5.74) is 6.29. The molecule has 0 aliphatic rings. The van der Waals surface area contributed by atoms with Crippen LogP contribution in [0.5, 0.6) is 0 Å². The number of benzene rings is 1. The van der Waals surface area contributed by atoms with Gasteiger partial charge in [0.15, 0.2) is 6.10 Å². The SMILES string of the molecule is NCCCN(Cc1ccccc1)CC(O)C(F)(F)F. The standard InChI is InChI=1S/C13H19F3N2O/c14-13(15,16)12(19)10-18(8-4-7-17)9-11-5-2-1-3-6-11/h1-3,5-6,12,19H,4,7-10,17H2. The van der Waals surface area contributed by atoms with E-state index in [-0.39, 0.29) is 0 Å². The fourth-order valence-electron chi connectivity index (χ4n) is 1.74. The summed E-state index contributed by atoms with van der Waals surface area (Å²) in [6, 6.07) is 9.19. The van der Waals surface area contributed by atoms with Gasteiger partial charge in [0.05, 0.1) is 0 Å². The first-order valence-corrected chi connectivity index (χ1v) is 6.14. The number of hydrogen-bond donors (Lipinski definition) is 2. The molecule has 1 aromatic rings. The number of hydrogen-bond acceptors (Lipinski definition) is 3. The smallest absolute Gasteiger partial charge is 0.382 e. The van der Waals surface area contributed by atoms with Crippen LogP contribution in [-0.2, 0) is 6.54 Å². The molecule has 0 fully saturated rings. The van der Waals surface area contributed by atoms with Crippen LogP contribution in [0.25, 0.3) is 0 Å². The summed E-state index contributed by atoms with van der Waals surface area (Å²) in [5.74, 6) is 0. The van der Waals surface area contributed by atoms with Crippen molar-refractivity contribution in [2.75, 3.05) is 19.6 Å². The highest BCUT2D eigenvalue weighted by Gasteiger charge is 2.38.